The lowest BCUT2D eigenvalue weighted by molar-refractivity contribution is 0.0833. The number of nitrogens with one attached hydrogen (secondary N) is 1. The van der Waals surface area contributed by atoms with Gasteiger partial charge >= 0.3 is 0 Å². The van der Waals surface area contributed by atoms with Gasteiger partial charge in [0, 0.05) is 27.2 Å². The second kappa shape index (κ2) is 7.02. The van der Waals surface area contributed by atoms with E-state index < -0.39 is 0 Å². The molecule has 1 heterocycles. The van der Waals surface area contributed by atoms with Gasteiger partial charge in [0.25, 0.3) is 5.91 Å². The quantitative estimate of drug-likeness (QED) is 0.784. The molecule has 0 atom stereocenters. The number of carbonyl (C=O) groups is 1. The lowest BCUT2D eigenvalue weighted by Gasteiger charge is -2.11. The molecular weight excluding hydrogens is 280 g/mol. The maximum absolute atomic E-state index is 12.0. The predicted molar refractivity (Wildman–Crippen MR) is 85.6 cm³/mol. The highest BCUT2D eigenvalue weighted by atomic mass is 32.2. The molecule has 0 saturated carbocycles. The maximum Gasteiger partial charge on any atom is 0.265 e. The number of hydrogen-bond acceptors (Lipinski definition) is 6. The van der Waals surface area contributed by atoms with E-state index in [1.165, 1.54) is 11.3 Å². The van der Waals surface area contributed by atoms with Gasteiger partial charge in [0.1, 0.15) is 9.88 Å². The molecule has 108 valence electrons. The Morgan fingerprint density at radius 3 is 2.47 bits per heavy atom. The normalized spacial score (nSPS) is 10.8. The third-order valence-corrected chi connectivity index (χ3v) is 4.66. The molecule has 19 heavy (non-hydrogen) atoms. The first-order valence-electron chi connectivity index (χ1n) is 5.95. The molecule has 1 rings (SSSR count). The van der Waals surface area contributed by atoms with Crippen LogP contribution in [0.5, 0.6) is 0 Å². The van der Waals surface area contributed by atoms with E-state index in [9.17, 15) is 4.79 Å². The molecule has 1 amide bonds. The zero-order chi connectivity index (χ0) is 14.6. The summed E-state index contributed by atoms with van der Waals surface area (Å²) in [5.74, 6) is -0.0431. The van der Waals surface area contributed by atoms with Gasteiger partial charge in [-0.1, -0.05) is 0 Å². The SMILES string of the molecule is CSc1c(NCCN(C)C)sc(C(=O)N(C)C)c1N. The minimum absolute atomic E-state index is 0.0431. The van der Waals surface area contributed by atoms with E-state index in [0.717, 1.165) is 23.0 Å². The summed E-state index contributed by atoms with van der Waals surface area (Å²) in [7, 11) is 7.53. The van der Waals surface area contributed by atoms with Crippen molar-refractivity contribution in [1.29, 1.82) is 0 Å². The summed E-state index contributed by atoms with van der Waals surface area (Å²) in [6.07, 6.45) is 1.97. The summed E-state index contributed by atoms with van der Waals surface area (Å²) in [4.78, 5) is 17.3. The Bertz CT molecular complexity index is 443. The van der Waals surface area contributed by atoms with Gasteiger partial charge < -0.3 is 20.9 Å². The zero-order valence-electron chi connectivity index (χ0n) is 12.1. The molecule has 7 heteroatoms. The number of anilines is 2. The van der Waals surface area contributed by atoms with Crippen molar-refractivity contribution in [3.63, 3.8) is 0 Å². The van der Waals surface area contributed by atoms with Gasteiger partial charge in [0.15, 0.2) is 0 Å². The van der Waals surface area contributed by atoms with Gasteiger partial charge in [-0.25, -0.2) is 0 Å². The van der Waals surface area contributed by atoms with Crippen molar-refractivity contribution >= 4 is 39.7 Å². The van der Waals surface area contributed by atoms with E-state index in [0.29, 0.717) is 10.6 Å². The highest BCUT2D eigenvalue weighted by Crippen LogP contribution is 2.41. The Kier molecular flexibility index (Phi) is 5.96. The van der Waals surface area contributed by atoms with Crippen molar-refractivity contribution < 1.29 is 4.79 Å². The molecule has 0 spiro atoms. The molecule has 1 aromatic rings. The van der Waals surface area contributed by atoms with Gasteiger partial charge in [0.2, 0.25) is 0 Å². The van der Waals surface area contributed by atoms with Crippen molar-refractivity contribution in [2.24, 2.45) is 0 Å². The molecule has 0 fully saturated rings. The summed E-state index contributed by atoms with van der Waals surface area (Å²) in [5, 5.41) is 4.34. The number of hydrogen-bond donors (Lipinski definition) is 2. The molecule has 0 aliphatic carbocycles. The van der Waals surface area contributed by atoms with Crippen molar-refractivity contribution in [2.45, 2.75) is 4.90 Å². The number of thioether (sulfide) groups is 1. The first kappa shape index (κ1) is 16.1. The topological polar surface area (TPSA) is 61.6 Å². The third-order valence-electron chi connectivity index (χ3n) is 2.55. The Morgan fingerprint density at radius 1 is 1.37 bits per heavy atom. The summed E-state index contributed by atoms with van der Waals surface area (Å²) in [6.45, 7) is 1.76. The predicted octanol–water partition coefficient (Wildman–Crippen LogP) is 1.73. The van der Waals surface area contributed by atoms with E-state index in [4.69, 9.17) is 5.73 Å². The minimum Gasteiger partial charge on any atom is -0.396 e. The number of nitrogen functional groups attached to an aromatic ring is 1. The second-order valence-corrected chi connectivity index (χ2v) is 6.47. The molecule has 0 unspecified atom stereocenters. The van der Waals surface area contributed by atoms with Crippen molar-refractivity contribution in [2.75, 3.05) is 58.6 Å². The molecule has 0 aliphatic rings. The number of amides is 1. The monoisotopic (exact) mass is 302 g/mol. The van der Waals surface area contributed by atoms with Crippen LogP contribution in [0.4, 0.5) is 10.7 Å². The van der Waals surface area contributed by atoms with E-state index in [-0.39, 0.29) is 5.91 Å². The number of carbonyl (C=O) groups excluding carboxylic acids is 1. The number of rotatable bonds is 6. The Morgan fingerprint density at radius 2 is 2.00 bits per heavy atom. The van der Waals surface area contributed by atoms with Gasteiger partial charge in [-0.15, -0.1) is 23.1 Å². The van der Waals surface area contributed by atoms with Crippen LogP contribution in [-0.2, 0) is 0 Å². The van der Waals surface area contributed by atoms with Crippen LogP contribution in [0.2, 0.25) is 0 Å². The smallest absolute Gasteiger partial charge is 0.265 e. The molecule has 1 aromatic heterocycles. The highest BCUT2D eigenvalue weighted by molar-refractivity contribution is 7.99. The molecule has 0 aliphatic heterocycles. The molecule has 0 radical (unpaired) electrons. The fourth-order valence-electron chi connectivity index (χ4n) is 1.50. The Labute approximate surface area is 123 Å². The standard InChI is InChI=1S/C12H22N4OS2/c1-15(2)7-6-14-11-9(18-5)8(13)10(19-11)12(17)16(3)4/h14H,6-7,13H2,1-5H3. The minimum atomic E-state index is -0.0431. The van der Waals surface area contributed by atoms with Crippen LogP contribution in [0.15, 0.2) is 4.90 Å². The van der Waals surface area contributed by atoms with Crippen LogP contribution in [0.3, 0.4) is 0 Å². The third kappa shape index (κ3) is 4.02. The molecule has 0 bridgehead atoms. The summed E-state index contributed by atoms with van der Waals surface area (Å²) in [6, 6.07) is 0. The van der Waals surface area contributed by atoms with Crippen molar-refractivity contribution in [1.82, 2.24) is 9.80 Å². The first-order valence-corrected chi connectivity index (χ1v) is 7.99. The average Bonchev–Trinajstić information content (AvgIpc) is 2.64. The van der Waals surface area contributed by atoms with E-state index in [1.54, 1.807) is 30.8 Å². The van der Waals surface area contributed by atoms with E-state index in [2.05, 4.69) is 10.2 Å². The largest absolute Gasteiger partial charge is 0.396 e. The van der Waals surface area contributed by atoms with E-state index >= 15 is 0 Å². The molecule has 0 saturated heterocycles. The van der Waals surface area contributed by atoms with Crippen LogP contribution in [0.25, 0.3) is 0 Å². The second-order valence-electron chi connectivity index (χ2n) is 4.64. The summed E-state index contributed by atoms with van der Waals surface area (Å²) in [5.41, 5.74) is 6.66. The zero-order valence-corrected chi connectivity index (χ0v) is 13.7. The van der Waals surface area contributed by atoms with Crippen LogP contribution in [0.1, 0.15) is 9.67 Å². The van der Waals surface area contributed by atoms with Gasteiger partial charge in [-0.2, -0.15) is 0 Å². The van der Waals surface area contributed by atoms with Crippen LogP contribution >= 0.6 is 23.1 Å². The molecule has 3 N–H and O–H groups in total. The fourth-order valence-corrected chi connectivity index (χ4v) is 3.58. The van der Waals surface area contributed by atoms with Crippen LogP contribution in [-0.4, -0.2) is 63.2 Å². The number of nitrogens with two attached hydrogens (primary N) is 1. The molecule has 5 nitrogen and oxygen atoms in total. The first-order chi connectivity index (χ1) is 8.88. The lowest BCUT2D eigenvalue weighted by Crippen LogP contribution is -2.21. The lowest BCUT2D eigenvalue weighted by atomic mass is 10.3. The number of nitrogens with zero attached hydrogens (tertiary/aromatic N) is 2. The summed E-state index contributed by atoms with van der Waals surface area (Å²) < 4.78 is 0. The average molecular weight is 302 g/mol. The van der Waals surface area contributed by atoms with Crippen molar-refractivity contribution in [3.8, 4) is 0 Å². The molecule has 0 aromatic carbocycles. The van der Waals surface area contributed by atoms with Gasteiger partial charge in [-0.05, 0) is 20.4 Å². The Balaban J connectivity index is 2.92. The van der Waals surface area contributed by atoms with Crippen LogP contribution < -0.4 is 11.1 Å². The maximum atomic E-state index is 12.0. The summed E-state index contributed by atoms with van der Waals surface area (Å²) >= 11 is 3.00. The Hall–Kier alpha value is -0.920. The number of thiophene rings is 1. The number of likely N-dealkylation sites (N-methyl/N-ethyl adjacent to an activating group) is 1. The van der Waals surface area contributed by atoms with Gasteiger partial charge in [-0.3, -0.25) is 4.79 Å². The fraction of sp³-hybridized carbons (Fsp3) is 0.583. The van der Waals surface area contributed by atoms with Crippen molar-refractivity contribution in [3.05, 3.63) is 4.88 Å². The van der Waals surface area contributed by atoms with Gasteiger partial charge in [0.05, 0.1) is 10.6 Å². The van der Waals surface area contributed by atoms with E-state index in [1.807, 2.05) is 20.4 Å². The highest BCUT2D eigenvalue weighted by Gasteiger charge is 2.21. The molecular formula is C12H22N4OS2. The van der Waals surface area contributed by atoms with Crippen LogP contribution in [0, 0.1) is 0 Å².